The first-order valence-corrected chi connectivity index (χ1v) is 9.45. The van der Waals surface area contributed by atoms with E-state index in [4.69, 9.17) is 17.0 Å². The molecule has 0 saturated carbocycles. The Hall–Kier alpha value is -2.70. The van der Waals surface area contributed by atoms with Crippen molar-refractivity contribution >= 4 is 46.3 Å². The number of ether oxygens (including phenoxy) is 1. The number of nitrogens with zero attached hydrogens (tertiary/aromatic N) is 1. The molecular weight excluding hydrogens is 378 g/mol. The fraction of sp³-hybridized carbons (Fsp3) is 0.0952. The van der Waals surface area contributed by atoms with Crippen molar-refractivity contribution in [3.05, 3.63) is 82.8 Å². The third-order valence-corrected chi connectivity index (χ3v) is 5.21. The molecule has 0 aromatic heterocycles. The number of thioether (sulfide) groups is 1. The van der Waals surface area contributed by atoms with Gasteiger partial charge < -0.3 is 4.74 Å². The van der Waals surface area contributed by atoms with Crippen LogP contribution in [0.1, 0.15) is 21.5 Å². The standard InChI is InChI=1S/C21H17NO3S2/c1-3-11-22-19(23)18(27-21(22)26)13-15-7-9-17(10-8-15)25-20(24)16-6-4-5-14(2)12-16/h3-10,12-13H,1,11H2,2H3/b18-13-. The topological polar surface area (TPSA) is 46.6 Å². The smallest absolute Gasteiger partial charge is 0.343 e. The second-order valence-corrected chi connectivity index (χ2v) is 7.58. The third-order valence-electron chi connectivity index (χ3n) is 3.83. The molecule has 0 N–H and O–H groups in total. The highest BCUT2D eigenvalue weighted by atomic mass is 32.2. The third kappa shape index (κ3) is 4.53. The number of hydrogen-bond donors (Lipinski definition) is 0. The average Bonchev–Trinajstić information content (AvgIpc) is 2.91. The molecule has 1 aliphatic heterocycles. The maximum absolute atomic E-state index is 12.3. The van der Waals surface area contributed by atoms with Crippen LogP contribution in [0.5, 0.6) is 5.75 Å². The van der Waals surface area contributed by atoms with Gasteiger partial charge in [-0.1, -0.05) is 59.9 Å². The van der Waals surface area contributed by atoms with Gasteiger partial charge in [0.15, 0.2) is 0 Å². The van der Waals surface area contributed by atoms with E-state index in [9.17, 15) is 9.59 Å². The van der Waals surface area contributed by atoms with E-state index in [2.05, 4.69) is 6.58 Å². The van der Waals surface area contributed by atoms with Crippen LogP contribution in [-0.4, -0.2) is 27.6 Å². The summed E-state index contributed by atoms with van der Waals surface area (Å²) >= 11 is 6.49. The minimum absolute atomic E-state index is 0.125. The number of aryl methyl sites for hydroxylation is 1. The average molecular weight is 396 g/mol. The van der Waals surface area contributed by atoms with Crippen LogP contribution in [0.3, 0.4) is 0 Å². The van der Waals surface area contributed by atoms with Gasteiger partial charge in [0.25, 0.3) is 5.91 Å². The lowest BCUT2D eigenvalue weighted by Gasteiger charge is -2.10. The lowest BCUT2D eigenvalue weighted by Crippen LogP contribution is -2.27. The van der Waals surface area contributed by atoms with Crippen molar-refractivity contribution in [2.45, 2.75) is 6.92 Å². The zero-order valence-electron chi connectivity index (χ0n) is 14.7. The Kier molecular flexibility index (Phi) is 5.88. The van der Waals surface area contributed by atoms with E-state index in [0.717, 1.165) is 11.1 Å². The molecule has 1 saturated heterocycles. The van der Waals surface area contributed by atoms with Crippen LogP contribution < -0.4 is 4.74 Å². The Morgan fingerprint density at radius 1 is 1.26 bits per heavy atom. The van der Waals surface area contributed by atoms with Crippen LogP contribution in [0.4, 0.5) is 0 Å². The Morgan fingerprint density at radius 3 is 2.67 bits per heavy atom. The van der Waals surface area contributed by atoms with Crippen molar-refractivity contribution < 1.29 is 14.3 Å². The summed E-state index contributed by atoms with van der Waals surface area (Å²) in [6, 6.07) is 14.2. The van der Waals surface area contributed by atoms with E-state index in [1.165, 1.54) is 16.7 Å². The predicted molar refractivity (Wildman–Crippen MR) is 113 cm³/mol. The van der Waals surface area contributed by atoms with Gasteiger partial charge in [-0.3, -0.25) is 9.69 Å². The van der Waals surface area contributed by atoms with Crippen molar-refractivity contribution in [2.24, 2.45) is 0 Å². The number of carbonyl (C=O) groups excluding carboxylic acids is 2. The lowest BCUT2D eigenvalue weighted by molar-refractivity contribution is -0.121. The molecule has 0 atom stereocenters. The molecule has 27 heavy (non-hydrogen) atoms. The predicted octanol–water partition coefficient (Wildman–Crippen LogP) is 4.60. The second kappa shape index (κ2) is 8.33. The summed E-state index contributed by atoms with van der Waals surface area (Å²) in [5.74, 6) is -0.0885. The number of esters is 1. The molecule has 6 heteroatoms. The van der Waals surface area contributed by atoms with Crippen LogP contribution >= 0.6 is 24.0 Å². The summed E-state index contributed by atoms with van der Waals surface area (Å²) in [6.45, 7) is 5.96. The maximum Gasteiger partial charge on any atom is 0.343 e. The summed E-state index contributed by atoms with van der Waals surface area (Å²) in [4.78, 5) is 26.6. The fourth-order valence-corrected chi connectivity index (χ4v) is 3.78. The van der Waals surface area contributed by atoms with Gasteiger partial charge in [0.05, 0.1) is 10.5 Å². The molecule has 1 aliphatic rings. The molecule has 1 amide bonds. The van der Waals surface area contributed by atoms with Crippen LogP contribution in [-0.2, 0) is 4.79 Å². The van der Waals surface area contributed by atoms with Gasteiger partial charge in [0, 0.05) is 6.54 Å². The Labute approximate surface area is 167 Å². The van der Waals surface area contributed by atoms with Gasteiger partial charge >= 0.3 is 5.97 Å². The first-order valence-electron chi connectivity index (χ1n) is 8.23. The van der Waals surface area contributed by atoms with Crippen molar-refractivity contribution in [1.82, 2.24) is 4.90 Å². The van der Waals surface area contributed by atoms with Gasteiger partial charge in [-0.05, 0) is 42.8 Å². The fourth-order valence-electron chi connectivity index (χ4n) is 2.51. The van der Waals surface area contributed by atoms with E-state index in [1.54, 1.807) is 48.6 Å². The zero-order valence-corrected chi connectivity index (χ0v) is 16.3. The van der Waals surface area contributed by atoms with Gasteiger partial charge in [-0.15, -0.1) is 6.58 Å². The summed E-state index contributed by atoms with van der Waals surface area (Å²) < 4.78 is 5.92. The Balaban J connectivity index is 1.70. The van der Waals surface area contributed by atoms with Crippen LogP contribution in [0.15, 0.2) is 66.1 Å². The first kappa shape index (κ1) is 19.1. The Morgan fingerprint density at radius 2 is 2.00 bits per heavy atom. The molecule has 0 unspecified atom stereocenters. The van der Waals surface area contributed by atoms with E-state index >= 15 is 0 Å². The van der Waals surface area contributed by atoms with Gasteiger partial charge in [-0.25, -0.2) is 4.79 Å². The molecule has 2 aromatic rings. The molecule has 2 aromatic carbocycles. The van der Waals surface area contributed by atoms with E-state index in [1.807, 2.05) is 19.1 Å². The van der Waals surface area contributed by atoms with Crippen molar-refractivity contribution in [1.29, 1.82) is 0 Å². The SMILES string of the molecule is C=CCN1C(=O)/C(=C/c2ccc(OC(=O)c3cccc(C)c3)cc2)SC1=S. The molecule has 136 valence electrons. The van der Waals surface area contributed by atoms with E-state index in [0.29, 0.717) is 27.1 Å². The quantitative estimate of drug-likeness (QED) is 0.243. The number of rotatable bonds is 5. The summed E-state index contributed by atoms with van der Waals surface area (Å²) in [5, 5.41) is 0. The molecular formula is C21H17NO3S2. The summed E-state index contributed by atoms with van der Waals surface area (Å²) in [7, 11) is 0. The van der Waals surface area contributed by atoms with Gasteiger partial charge in [0.1, 0.15) is 10.1 Å². The van der Waals surface area contributed by atoms with Crippen molar-refractivity contribution in [3.63, 3.8) is 0 Å². The molecule has 1 fully saturated rings. The van der Waals surface area contributed by atoms with Crippen LogP contribution in [0, 0.1) is 6.92 Å². The molecule has 4 nitrogen and oxygen atoms in total. The molecule has 3 rings (SSSR count). The zero-order chi connectivity index (χ0) is 19.4. The monoisotopic (exact) mass is 395 g/mol. The first-order chi connectivity index (χ1) is 13.0. The normalized spacial score (nSPS) is 15.3. The second-order valence-electron chi connectivity index (χ2n) is 5.91. The maximum atomic E-state index is 12.3. The highest BCUT2D eigenvalue weighted by Crippen LogP contribution is 2.32. The number of carbonyl (C=O) groups is 2. The number of thiocarbonyl (C=S) groups is 1. The largest absolute Gasteiger partial charge is 0.423 e. The molecule has 0 spiro atoms. The van der Waals surface area contributed by atoms with E-state index in [-0.39, 0.29) is 5.91 Å². The van der Waals surface area contributed by atoms with E-state index < -0.39 is 5.97 Å². The molecule has 0 aliphatic carbocycles. The lowest BCUT2D eigenvalue weighted by atomic mass is 10.1. The summed E-state index contributed by atoms with van der Waals surface area (Å²) in [6.07, 6.45) is 3.42. The number of amides is 1. The molecule has 1 heterocycles. The molecule has 0 radical (unpaired) electrons. The van der Waals surface area contributed by atoms with Crippen molar-refractivity contribution in [3.8, 4) is 5.75 Å². The molecule has 0 bridgehead atoms. The Bertz CT molecular complexity index is 948. The van der Waals surface area contributed by atoms with Crippen molar-refractivity contribution in [2.75, 3.05) is 6.54 Å². The minimum Gasteiger partial charge on any atom is -0.423 e. The minimum atomic E-state index is -0.406. The highest BCUT2D eigenvalue weighted by Gasteiger charge is 2.30. The highest BCUT2D eigenvalue weighted by molar-refractivity contribution is 8.26. The van der Waals surface area contributed by atoms with Crippen LogP contribution in [0.2, 0.25) is 0 Å². The van der Waals surface area contributed by atoms with Crippen LogP contribution in [0.25, 0.3) is 6.08 Å². The van der Waals surface area contributed by atoms with Gasteiger partial charge in [-0.2, -0.15) is 0 Å². The summed E-state index contributed by atoms with van der Waals surface area (Å²) in [5.41, 5.74) is 2.32. The number of hydrogen-bond acceptors (Lipinski definition) is 5. The van der Waals surface area contributed by atoms with Gasteiger partial charge in [0.2, 0.25) is 0 Å². The number of benzene rings is 2.